The highest BCUT2D eigenvalue weighted by Crippen LogP contribution is 2.13. The van der Waals surface area contributed by atoms with Crippen molar-refractivity contribution in [2.24, 2.45) is 11.7 Å². The molecule has 0 saturated heterocycles. The molecule has 3 rings (SSSR count). The summed E-state index contributed by atoms with van der Waals surface area (Å²) >= 11 is 0. The Balaban J connectivity index is 1.64. The van der Waals surface area contributed by atoms with Crippen LogP contribution in [-0.2, 0) is 27.4 Å². The molecule has 4 N–H and O–H groups in total. The Kier molecular flexibility index (Phi) is 8.56. The smallest absolute Gasteiger partial charge is 0.408 e. The van der Waals surface area contributed by atoms with Crippen LogP contribution in [0.3, 0.4) is 0 Å². The van der Waals surface area contributed by atoms with Crippen molar-refractivity contribution in [1.29, 1.82) is 0 Å². The highest BCUT2D eigenvalue weighted by molar-refractivity contribution is 5.91. The minimum absolute atomic E-state index is 0.0836. The largest absolute Gasteiger partial charge is 0.445 e. The van der Waals surface area contributed by atoms with Crippen LogP contribution in [0.1, 0.15) is 31.5 Å². The number of fused-ring (bicyclic) bond motifs is 1. The van der Waals surface area contributed by atoms with Crippen LogP contribution in [0.4, 0.5) is 4.79 Å². The molecular weight excluding hydrogens is 432 g/mol. The molecule has 2 atom stereocenters. The van der Waals surface area contributed by atoms with Crippen molar-refractivity contribution >= 4 is 28.8 Å². The number of amides is 3. The number of nitrogens with two attached hydrogens (primary N) is 1. The number of carbonyl (C=O) groups excluding carboxylic acids is 3. The van der Waals surface area contributed by atoms with E-state index < -0.39 is 30.0 Å². The Morgan fingerprint density at radius 1 is 0.912 bits per heavy atom. The van der Waals surface area contributed by atoms with Crippen LogP contribution >= 0.6 is 0 Å². The first-order valence-electron chi connectivity index (χ1n) is 11.2. The topological polar surface area (TPSA) is 123 Å². The molecule has 0 aliphatic rings. The fraction of sp³-hybridized carbons (Fsp3) is 0.308. The number of ether oxygens (including phenoxy) is 1. The second kappa shape index (κ2) is 11.8. The highest BCUT2D eigenvalue weighted by atomic mass is 16.5. The molecule has 2 aromatic carbocycles. The first-order chi connectivity index (χ1) is 16.3. The molecule has 178 valence electrons. The standard InChI is InChI=1S/C26H30N4O4/c1-17(2)14-23(30-26(33)34-16-18-8-4-3-5-9-18)25(32)29-22(24(27)31)15-20-13-12-19-10-6-7-11-21(19)28-20/h3-13,17,22-23H,14-16H2,1-2H3,(H2,27,31)(H,29,32)(H,30,33)/t22-,23-/m0/s1. The summed E-state index contributed by atoms with van der Waals surface area (Å²) in [6, 6.07) is 18.7. The molecule has 0 saturated carbocycles. The molecule has 8 heteroatoms. The van der Waals surface area contributed by atoms with Gasteiger partial charge in [0.15, 0.2) is 0 Å². The Morgan fingerprint density at radius 2 is 1.62 bits per heavy atom. The van der Waals surface area contributed by atoms with Crippen molar-refractivity contribution in [1.82, 2.24) is 15.6 Å². The van der Waals surface area contributed by atoms with Gasteiger partial charge in [0.25, 0.3) is 0 Å². The van der Waals surface area contributed by atoms with E-state index in [1.807, 2.05) is 74.5 Å². The minimum atomic E-state index is -0.974. The van der Waals surface area contributed by atoms with Crippen molar-refractivity contribution in [3.63, 3.8) is 0 Å². The lowest BCUT2D eigenvalue weighted by molar-refractivity contribution is -0.128. The number of hydrogen-bond donors (Lipinski definition) is 3. The number of alkyl carbamates (subject to hydrolysis) is 1. The lowest BCUT2D eigenvalue weighted by Gasteiger charge is -2.23. The fourth-order valence-electron chi connectivity index (χ4n) is 3.54. The Morgan fingerprint density at radius 3 is 2.32 bits per heavy atom. The van der Waals surface area contributed by atoms with E-state index in [0.29, 0.717) is 12.1 Å². The molecular formula is C26H30N4O4. The molecule has 0 unspecified atom stereocenters. The van der Waals surface area contributed by atoms with Gasteiger partial charge in [-0.3, -0.25) is 14.6 Å². The number of carbonyl (C=O) groups is 3. The summed E-state index contributed by atoms with van der Waals surface area (Å²) in [5.74, 6) is -1.08. The summed E-state index contributed by atoms with van der Waals surface area (Å²) < 4.78 is 5.25. The van der Waals surface area contributed by atoms with Crippen LogP contribution in [0.2, 0.25) is 0 Å². The molecule has 34 heavy (non-hydrogen) atoms. The van der Waals surface area contributed by atoms with Gasteiger partial charge in [-0.25, -0.2) is 4.79 Å². The summed E-state index contributed by atoms with van der Waals surface area (Å²) in [4.78, 5) is 42.0. The fourth-order valence-corrected chi connectivity index (χ4v) is 3.54. The van der Waals surface area contributed by atoms with Gasteiger partial charge >= 0.3 is 6.09 Å². The van der Waals surface area contributed by atoms with E-state index in [-0.39, 0.29) is 18.9 Å². The molecule has 8 nitrogen and oxygen atoms in total. The summed E-state index contributed by atoms with van der Waals surface area (Å²) in [5.41, 5.74) is 7.81. The molecule has 0 spiro atoms. The van der Waals surface area contributed by atoms with Gasteiger partial charge in [-0.05, 0) is 30.0 Å². The summed E-state index contributed by atoms with van der Waals surface area (Å²) in [6.07, 6.45) is -0.207. The third kappa shape index (κ3) is 7.30. The number of nitrogens with zero attached hydrogens (tertiary/aromatic N) is 1. The van der Waals surface area contributed by atoms with Crippen LogP contribution in [0, 0.1) is 5.92 Å². The molecule has 1 heterocycles. The van der Waals surface area contributed by atoms with E-state index >= 15 is 0 Å². The van der Waals surface area contributed by atoms with Gasteiger partial charge in [0.2, 0.25) is 11.8 Å². The molecule has 0 bridgehead atoms. The lowest BCUT2D eigenvalue weighted by atomic mass is 10.0. The molecule has 3 aromatic rings. The molecule has 0 aliphatic heterocycles. The number of pyridine rings is 1. The van der Waals surface area contributed by atoms with Gasteiger partial charge in [-0.2, -0.15) is 0 Å². The second-order valence-electron chi connectivity index (χ2n) is 8.55. The van der Waals surface area contributed by atoms with Crippen LogP contribution in [-0.4, -0.2) is 35.0 Å². The lowest BCUT2D eigenvalue weighted by Crippen LogP contribution is -2.54. The Hall–Kier alpha value is -3.94. The van der Waals surface area contributed by atoms with Gasteiger partial charge in [0.1, 0.15) is 18.7 Å². The van der Waals surface area contributed by atoms with Crippen molar-refractivity contribution in [3.8, 4) is 0 Å². The molecule has 3 amide bonds. The summed E-state index contributed by atoms with van der Waals surface area (Å²) in [5, 5.41) is 6.26. The van der Waals surface area contributed by atoms with E-state index in [9.17, 15) is 14.4 Å². The van der Waals surface area contributed by atoms with Gasteiger partial charge in [0.05, 0.1) is 5.52 Å². The van der Waals surface area contributed by atoms with E-state index in [2.05, 4.69) is 15.6 Å². The van der Waals surface area contributed by atoms with Gasteiger partial charge in [0, 0.05) is 17.5 Å². The zero-order valence-corrected chi connectivity index (χ0v) is 19.4. The zero-order chi connectivity index (χ0) is 24.5. The average molecular weight is 463 g/mol. The van der Waals surface area contributed by atoms with Crippen molar-refractivity contribution < 1.29 is 19.1 Å². The maximum atomic E-state index is 13.0. The SMILES string of the molecule is CC(C)C[C@H](NC(=O)OCc1ccccc1)C(=O)N[C@@H](Cc1ccc2ccccc2n1)C(N)=O. The third-order valence-electron chi connectivity index (χ3n) is 5.26. The predicted molar refractivity (Wildman–Crippen MR) is 130 cm³/mol. The van der Waals surface area contributed by atoms with Gasteiger partial charge in [-0.1, -0.05) is 68.4 Å². The van der Waals surface area contributed by atoms with Crippen molar-refractivity contribution in [3.05, 3.63) is 78.0 Å². The number of para-hydroxylation sites is 1. The third-order valence-corrected chi connectivity index (χ3v) is 5.26. The van der Waals surface area contributed by atoms with E-state index in [0.717, 1.165) is 16.5 Å². The van der Waals surface area contributed by atoms with Gasteiger partial charge < -0.3 is 21.1 Å². The predicted octanol–water partition coefficient (Wildman–Crippen LogP) is 3.09. The van der Waals surface area contributed by atoms with Crippen molar-refractivity contribution in [2.75, 3.05) is 0 Å². The van der Waals surface area contributed by atoms with Crippen LogP contribution in [0.5, 0.6) is 0 Å². The van der Waals surface area contributed by atoms with Crippen LogP contribution in [0.15, 0.2) is 66.7 Å². The number of nitrogens with one attached hydrogen (secondary N) is 2. The number of hydrogen-bond acceptors (Lipinski definition) is 5. The van der Waals surface area contributed by atoms with Gasteiger partial charge in [-0.15, -0.1) is 0 Å². The normalized spacial score (nSPS) is 12.7. The minimum Gasteiger partial charge on any atom is -0.445 e. The Bertz CT molecular complexity index is 1130. The first kappa shape index (κ1) is 24.7. The monoisotopic (exact) mass is 462 g/mol. The summed E-state index contributed by atoms with van der Waals surface area (Å²) in [7, 11) is 0. The maximum absolute atomic E-state index is 13.0. The van der Waals surface area contributed by atoms with Crippen molar-refractivity contribution in [2.45, 2.75) is 45.4 Å². The molecule has 0 aliphatic carbocycles. The van der Waals surface area contributed by atoms with Crippen LogP contribution in [0.25, 0.3) is 10.9 Å². The number of primary amides is 1. The zero-order valence-electron chi connectivity index (χ0n) is 19.4. The highest BCUT2D eigenvalue weighted by Gasteiger charge is 2.27. The van der Waals surface area contributed by atoms with Crippen LogP contribution < -0.4 is 16.4 Å². The summed E-state index contributed by atoms with van der Waals surface area (Å²) in [6.45, 7) is 3.95. The second-order valence-corrected chi connectivity index (χ2v) is 8.55. The number of benzene rings is 2. The molecule has 0 fully saturated rings. The first-order valence-corrected chi connectivity index (χ1v) is 11.2. The quantitative estimate of drug-likeness (QED) is 0.427. The number of aromatic nitrogens is 1. The maximum Gasteiger partial charge on any atom is 0.408 e. The number of rotatable bonds is 10. The van der Waals surface area contributed by atoms with E-state index in [1.165, 1.54) is 0 Å². The van der Waals surface area contributed by atoms with E-state index in [4.69, 9.17) is 10.5 Å². The van der Waals surface area contributed by atoms with E-state index in [1.54, 1.807) is 6.07 Å². The molecule has 1 aromatic heterocycles. The Labute approximate surface area is 198 Å². The average Bonchev–Trinajstić information content (AvgIpc) is 2.82. The molecule has 0 radical (unpaired) electrons.